The summed E-state index contributed by atoms with van der Waals surface area (Å²) in [6.45, 7) is 6.05. The summed E-state index contributed by atoms with van der Waals surface area (Å²) in [5.74, 6) is 1.18. The molecule has 0 aliphatic rings. The van der Waals surface area contributed by atoms with Crippen LogP contribution in [0.2, 0.25) is 0 Å². The number of carbonyl (C=O) groups excluding carboxylic acids is 1. The monoisotopic (exact) mass is 181 g/mol. The van der Waals surface area contributed by atoms with Crippen molar-refractivity contribution >= 4 is 12.2 Å². The van der Waals surface area contributed by atoms with Crippen LogP contribution in [0.4, 0.5) is 5.88 Å². The second-order valence-electron chi connectivity index (χ2n) is 2.87. The summed E-state index contributed by atoms with van der Waals surface area (Å²) in [6.07, 6.45) is 1.80. The third-order valence-corrected chi connectivity index (χ3v) is 1.92. The predicted octanol–water partition coefficient (Wildman–Crippen LogP) is 2.33. The van der Waals surface area contributed by atoms with Gasteiger partial charge < -0.3 is 9.32 Å². The Morgan fingerprint density at radius 1 is 1.46 bits per heavy atom. The van der Waals surface area contributed by atoms with Crippen LogP contribution in [0.3, 0.4) is 0 Å². The minimum atomic E-state index is 0.393. The second kappa shape index (κ2) is 4.70. The molecule has 1 aromatic rings. The third kappa shape index (κ3) is 2.34. The molecular weight excluding hydrogens is 166 g/mol. The molecule has 0 unspecified atom stereocenters. The maximum absolute atomic E-state index is 10.4. The highest BCUT2D eigenvalue weighted by atomic mass is 16.4. The Balaban J connectivity index is 2.72. The van der Waals surface area contributed by atoms with Gasteiger partial charge in [-0.05, 0) is 19.4 Å². The number of nitrogens with zero attached hydrogens (tertiary/aromatic N) is 1. The zero-order valence-corrected chi connectivity index (χ0v) is 8.12. The maximum Gasteiger partial charge on any atom is 0.196 e. The number of rotatable bonds is 5. The molecule has 0 fully saturated rings. The molecule has 0 aromatic carbocycles. The van der Waals surface area contributed by atoms with Crippen LogP contribution in [-0.4, -0.2) is 19.4 Å². The standard InChI is InChI=1S/C10H15NO2/c1-3-7-11(4-2)10-6-5-9(8-12)13-10/h5-6,8H,3-4,7H2,1-2H3. The van der Waals surface area contributed by atoms with E-state index in [1.54, 1.807) is 6.07 Å². The SMILES string of the molecule is CCCN(CC)c1ccc(C=O)o1. The van der Waals surface area contributed by atoms with Crippen LogP contribution in [0, 0.1) is 0 Å². The van der Waals surface area contributed by atoms with Crippen molar-refractivity contribution in [3.8, 4) is 0 Å². The molecule has 0 N–H and O–H groups in total. The zero-order chi connectivity index (χ0) is 9.68. The Bertz CT molecular complexity index is 268. The first-order valence-corrected chi connectivity index (χ1v) is 4.61. The number of anilines is 1. The van der Waals surface area contributed by atoms with Crippen molar-refractivity contribution in [2.45, 2.75) is 20.3 Å². The molecule has 0 radical (unpaired) electrons. The lowest BCUT2D eigenvalue weighted by Crippen LogP contribution is -2.22. The van der Waals surface area contributed by atoms with E-state index in [1.807, 2.05) is 6.07 Å². The minimum absolute atomic E-state index is 0.393. The van der Waals surface area contributed by atoms with E-state index in [-0.39, 0.29) is 0 Å². The molecule has 13 heavy (non-hydrogen) atoms. The van der Waals surface area contributed by atoms with Gasteiger partial charge in [0.25, 0.3) is 0 Å². The molecular formula is C10H15NO2. The normalized spacial score (nSPS) is 10.0. The van der Waals surface area contributed by atoms with Crippen molar-refractivity contribution in [3.05, 3.63) is 17.9 Å². The van der Waals surface area contributed by atoms with Gasteiger partial charge in [-0.1, -0.05) is 6.92 Å². The van der Waals surface area contributed by atoms with Crippen LogP contribution in [0.1, 0.15) is 30.8 Å². The number of carbonyl (C=O) groups is 1. The van der Waals surface area contributed by atoms with E-state index in [4.69, 9.17) is 4.42 Å². The van der Waals surface area contributed by atoms with Gasteiger partial charge in [-0.25, -0.2) is 0 Å². The summed E-state index contributed by atoms with van der Waals surface area (Å²) >= 11 is 0. The van der Waals surface area contributed by atoms with Gasteiger partial charge in [-0.15, -0.1) is 0 Å². The second-order valence-corrected chi connectivity index (χ2v) is 2.87. The quantitative estimate of drug-likeness (QED) is 0.654. The molecule has 0 bridgehead atoms. The minimum Gasteiger partial charge on any atom is -0.438 e. The Labute approximate surface area is 78.3 Å². The van der Waals surface area contributed by atoms with Crippen LogP contribution in [0.5, 0.6) is 0 Å². The van der Waals surface area contributed by atoms with Crippen LogP contribution >= 0.6 is 0 Å². The molecule has 0 amide bonds. The summed E-state index contributed by atoms with van der Waals surface area (Å²) in [5.41, 5.74) is 0. The molecule has 3 nitrogen and oxygen atoms in total. The lowest BCUT2D eigenvalue weighted by atomic mass is 10.4. The third-order valence-electron chi connectivity index (χ3n) is 1.92. The Morgan fingerprint density at radius 3 is 2.69 bits per heavy atom. The number of aldehydes is 1. The van der Waals surface area contributed by atoms with Gasteiger partial charge in [0.1, 0.15) is 0 Å². The number of furan rings is 1. The van der Waals surface area contributed by atoms with Crippen molar-refractivity contribution in [2.24, 2.45) is 0 Å². The fraction of sp³-hybridized carbons (Fsp3) is 0.500. The molecule has 0 saturated carbocycles. The topological polar surface area (TPSA) is 33.5 Å². The summed E-state index contributed by atoms with van der Waals surface area (Å²) in [6, 6.07) is 3.53. The van der Waals surface area contributed by atoms with Gasteiger partial charge in [-0.2, -0.15) is 0 Å². The summed E-state index contributed by atoms with van der Waals surface area (Å²) in [4.78, 5) is 12.5. The predicted molar refractivity (Wildman–Crippen MR) is 52.3 cm³/mol. The number of hydrogen-bond donors (Lipinski definition) is 0. The van der Waals surface area contributed by atoms with Crippen LogP contribution in [0.25, 0.3) is 0 Å². The Morgan fingerprint density at radius 2 is 2.23 bits per heavy atom. The molecule has 72 valence electrons. The lowest BCUT2D eigenvalue weighted by molar-refractivity contribution is 0.110. The van der Waals surface area contributed by atoms with E-state index in [9.17, 15) is 4.79 Å². The first kappa shape index (κ1) is 9.84. The van der Waals surface area contributed by atoms with Gasteiger partial charge in [-0.3, -0.25) is 4.79 Å². The van der Waals surface area contributed by atoms with Gasteiger partial charge >= 0.3 is 0 Å². The van der Waals surface area contributed by atoms with Crippen LogP contribution in [-0.2, 0) is 0 Å². The fourth-order valence-corrected chi connectivity index (χ4v) is 1.27. The molecule has 1 aromatic heterocycles. The molecule has 0 aliphatic carbocycles. The number of hydrogen-bond acceptors (Lipinski definition) is 3. The molecule has 0 atom stereocenters. The molecule has 1 rings (SSSR count). The van der Waals surface area contributed by atoms with Crippen molar-refractivity contribution in [1.82, 2.24) is 0 Å². The summed E-state index contributed by atoms with van der Waals surface area (Å²) in [5, 5.41) is 0. The van der Waals surface area contributed by atoms with Gasteiger partial charge in [0, 0.05) is 19.2 Å². The van der Waals surface area contributed by atoms with Crippen LogP contribution < -0.4 is 4.90 Å². The van der Waals surface area contributed by atoms with E-state index >= 15 is 0 Å². The van der Waals surface area contributed by atoms with Crippen molar-refractivity contribution in [3.63, 3.8) is 0 Å². The van der Waals surface area contributed by atoms with E-state index in [0.29, 0.717) is 5.76 Å². The molecule has 3 heteroatoms. The van der Waals surface area contributed by atoms with Gasteiger partial charge in [0.2, 0.25) is 0 Å². The average Bonchev–Trinajstić information content (AvgIpc) is 2.62. The average molecular weight is 181 g/mol. The summed E-state index contributed by atoms with van der Waals surface area (Å²) < 4.78 is 5.30. The van der Waals surface area contributed by atoms with Crippen molar-refractivity contribution in [2.75, 3.05) is 18.0 Å². The van der Waals surface area contributed by atoms with Crippen molar-refractivity contribution < 1.29 is 9.21 Å². The fourth-order valence-electron chi connectivity index (χ4n) is 1.27. The highest BCUT2D eigenvalue weighted by molar-refractivity contribution is 5.71. The Hall–Kier alpha value is -1.25. The zero-order valence-electron chi connectivity index (χ0n) is 8.12. The Kier molecular flexibility index (Phi) is 3.55. The van der Waals surface area contributed by atoms with Crippen LogP contribution in [0.15, 0.2) is 16.5 Å². The molecule has 0 aliphatic heterocycles. The van der Waals surface area contributed by atoms with Gasteiger partial charge in [0.05, 0.1) is 0 Å². The molecule has 0 saturated heterocycles. The maximum atomic E-state index is 10.4. The van der Waals surface area contributed by atoms with E-state index in [0.717, 1.165) is 31.7 Å². The van der Waals surface area contributed by atoms with E-state index in [2.05, 4.69) is 18.7 Å². The lowest BCUT2D eigenvalue weighted by Gasteiger charge is -2.18. The first-order chi connectivity index (χ1) is 6.31. The largest absolute Gasteiger partial charge is 0.438 e. The molecule has 0 spiro atoms. The highest BCUT2D eigenvalue weighted by Crippen LogP contribution is 2.17. The first-order valence-electron chi connectivity index (χ1n) is 4.61. The van der Waals surface area contributed by atoms with Crippen molar-refractivity contribution in [1.29, 1.82) is 0 Å². The van der Waals surface area contributed by atoms with E-state index in [1.165, 1.54) is 0 Å². The summed E-state index contributed by atoms with van der Waals surface area (Å²) in [7, 11) is 0. The smallest absolute Gasteiger partial charge is 0.196 e. The molecule has 1 heterocycles. The highest BCUT2D eigenvalue weighted by Gasteiger charge is 2.07. The van der Waals surface area contributed by atoms with Gasteiger partial charge in [0.15, 0.2) is 17.9 Å². The van der Waals surface area contributed by atoms with E-state index < -0.39 is 0 Å².